The number of thiophene rings is 1. The Morgan fingerprint density at radius 2 is 2.10 bits per heavy atom. The third-order valence-corrected chi connectivity index (χ3v) is 6.25. The van der Waals surface area contributed by atoms with Crippen LogP contribution < -0.4 is 10.1 Å². The van der Waals surface area contributed by atoms with Gasteiger partial charge in [-0.15, -0.1) is 11.3 Å². The largest absolute Gasteiger partial charge is 0.485 e. The van der Waals surface area contributed by atoms with Gasteiger partial charge in [0.15, 0.2) is 0 Å². The topological polar surface area (TPSA) is 105 Å². The molecule has 1 aliphatic carbocycles. The molecular formula is C20H20FN3O4S. The number of rotatable bonds is 5. The molecule has 1 fully saturated rings. The third kappa shape index (κ3) is 3.88. The Hall–Kier alpha value is -2.78. The molecular weight excluding hydrogens is 397 g/mol. The molecule has 2 atom stereocenters. The van der Waals surface area contributed by atoms with Gasteiger partial charge in [-0.1, -0.05) is 6.42 Å². The number of aromatic nitrogens is 2. The van der Waals surface area contributed by atoms with Gasteiger partial charge in [0, 0.05) is 6.07 Å². The van der Waals surface area contributed by atoms with E-state index in [1.807, 2.05) is 0 Å². The molecule has 0 aliphatic heterocycles. The number of nitrogens with zero attached hydrogens (tertiary/aromatic N) is 2. The van der Waals surface area contributed by atoms with E-state index in [4.69, 9.17) is 4.74 Å². The Labute approximate surface area is 170 Å². The van der Waals surface area contributed by atoms with E-state index < -0.39 is 24.0 Å². The summed E-state index contributed by atoms with van der Waals surface area (Å²) in [5, 5.41) is 23.3. The monoisotopic (exact) mass is 417 g/mol. The molecule has 0 amide bonds. The van der Waals surface area contributed by atoms with Gasteiger partial charge in [-0.05, 0) is 43.9 Å². The van der Waals surface area contributed by atoms with Crippen molar-refractivity contribution in [3.05, 3.63) is 40.8 Å². The number of ether oxygens (including phenoxy) is 1. The molecule has 7 nitrogen and oxygen atoms in total. The number of carbonyl (C=O) groups is 1. The second-order valence-electron chi connectivity index (χ2n) is 7.04. The van der Waals surface area contributed by atoms with E-state index in [1.54, 1.807) is 6.92 Å². The number of anilines is 2. The van der Waals surface area contributed by atoms with Crippen LogP contribution in [0.2, 0.25) is 0 Å². The number of benzene rings is 1. The van der Waals surface area contributed by atoms with Gasteiger partial charge in [-0.3, -0.25) is 0 Å². The highest BCUT2D eigenvalue weighted by molar-refractivity contribution is 7.20. The number of carboxylic acids is 1. The maximum atomic E-state index is 13.9. The Morgan fingerprint density at radius 3 is 2.86 bits per heavy atom. The van der Waals surface area contributed by atoms with Crippen LogP contribution in [0.15, 0.2) is 24.5 Å². The van der Waals surface area contributed by atoms with Crippen molar-refractivity contribution in [3.8, 4) is 5.75 Å². The maximum absolute atomic E-state index is 13.9. The van der Waals surface area contributed by atoms with Crippen molar-refractivity contribution in [1.82, 2.24) is 9.97 Å². The average Bonchev–Trinajstić information content (AvgIpc) is 3.04. The summed E-state index contributed by atoms with van der Waals surface area (Å²) in [6.07, 6.45) is 3.58. The number of nitrogens with one attached hydrogen (secondary N) is 1. The number of aromatic carboxylic acids is 1. The van der Waals surface area contributed by atoms with Crippen LogP contribution in [0, 0.1) is 12.7 Å². The predicted octanol–water partition coefficient (Wildman–Crippen LogP) is 4.26. The van der Waals surface area contributed by atoms with E-state index in [9.17, 15) is 19.4 Å². The van der Waals surface area contributed by atoms with Gasteiger partial charge in [-0.2, -0.15) is 0 Å². The Bertz CT molecular complexity index is 1070. The minimum absolute atomic E-state index is 0.199. The highest BCUT2D eigenvalue weighted by Crippen LogP contribution is 2.37. The second kappa shape index (κ2) is 7.92. The van der Waals surface area contributed by atoms with Crippen molar-refractivity contribution in [3.63, 3.8) is 0 Å². The van der Waals surface area contributed by atoms with E-state index in [0.717, 1.165) is 24.2 Å². The zero-order valence-corrected chi connectivity index (χ0v) is 16.5. The predicted molar refractivity (Wildman–Crippen MR) is 108 cm³/mol. The summed E-state index contributed by atoms with van der Waals surface area (Å²) in [7, 11) is 0. The van der Waals surface area contributed by atoms with Gasteiger partial charge in [0.25, 0.3) is 0 Å². The van der Waals surface area contributed by atoms with Crippen LogP contribution in [0.4, 0.5) is 15.9 Å². The summed E-state index contributed by atoms with van der Waals surface area (Å²) in [4.78, 5) is 20.6. The molecule has 29 heavy (non-hydrogen) atoms. The summed E-state index contributed by atoms with van der Waals surface area (Å²) >= 11 is 1.08. The summed E-state index contributed by atoms with van der Waals surface area (Å²) in [6, 6.07) is 4.10. The minimum atomic E-state index is -1.02. The highest BCUT2D eigenvalue weighted by atomic mass is 32.1. The molecule has 4 rings (SSSR count). The van der Waals surface area contributed by atoms with Crippen molar-refractivity contribution in [2.45, 2.75) is 44.8 Å². The number of fused-ring (bicyclic) bond motifs is 1. The van der Waals surface area contributed by atoms with Gasteiger partial charge in [-0.25, -0.2) is 19.2 Å². The van der Waals surface area contributed by atoms with Crippen LogP contribution >= 0.6 is 11.3 Å². The maximum Gasteiger partial charge on any atom is 0.346 e. The lowest BCUT2D eigenvalue weighted by Crippen LogP contribution is -2.34. The van der Waals surface area contributed by atoms with E-state index in [2.05, 4.69) is 15.3 Å². The molecule has 0 spiro atoms. The SMILES string of the molecule is Cc1c(C(=O)O)sc2ncnc(Nc3ccc(F)cc3O[C@H]3CCCC[C@@H]3O)c12. The van der Waals surface area contributed by atoms with Gasteiger partial charge in [0.2, 0.25) is 0 Å². The van der Waals surface area contributed by atoms with Crippen molar-refractivity contribution >= 4 is 39.0 Å². The van der Waals surface area contributed by atoms with E-state index in [1.165, 1.54) is 24.5 Å². The first kappa shape index (κ1) is 19.5. The van der Waals surface area contributed by atoms with Crippen LogP contribution in [0.3, 0.4) is 0 Å². The first-order valence-electron chi connectivity index (χ1n) is 9.32. The molecule has 1 aromatic carbocycles. The van der Waals surface area contributed by atoms with Crippen molar-refractivity contribution < 1.29 is 24.1 Å². The summed E-state index contributed by atoms with van der Waals surface area (Å²) < 4.78 is 19.8. The summed E-state index contributed by atoms with van der Waals surface area (Å²) in [6.45, 7) is 1.71. The molecule has 9 heteroatoms. The Morgan fingerprint density at radius 1 is 1.31 bits per heavy atom. The summed E-state index contributed by atoms with van der Waals surface area (Å²) in [5.41, 5.74) is 1.04. The quantitative estimate of drug-likeness (QED) is 0.570. The average molecular weight is 417 g/mol. The standard InChI is InChI=1S/C20H20FN3O4S/c1-10-16-18(22-9-23-19(16)29-17(10)20(26)27)24-12-7-6-11(21)8-15(12)28-14-5-3-2-4-13(14)25/h6-9,13-14,25H,2-5H2,1H3,(H,26,27)(H,22,23,24)/t13-,14-/m0/s1. The highest BCUT2D eigenvalue weighted by Gasteiger charge is 2.26. The van der Waals surface area contributed by atoms with Gasteiger partial charge in [0.05, 0.1) is 17.2 Å². The molecule has 1 aliphatic rings. The molecule has 0 unspecified atom stereocenters. The second-order valence-corrected chi connectivity index (χ2v) is 8.04. The number of hydrogen-bond acceptors (Lipinski definition) is 7. The van der Waals surface area contributed by atoms with Crippen LogP contribution in [0.25, 0.3) is 10.2 Å². The number of aliphatic hydroxyl groups is 1. The Kier molecular flexibility index (Phi) is 5.33. The number of aryl methyl sites for hydroxylation is 1. The minimum Gasteiger partial charge on any atom is -0.485 e. The van der Waals surface area contributed by atoms with E-state index in [-0.39, 0.29) is 10.6 Å². The molecule has 0 saturated heterocycles. The lowest BCUT2D eigenvalue weighted by atomic mass is 9.95. The van der Waals surface area contributed by atoms with Crippen LogP contribution in [-0.2, 0) is 0 Å². The molecule has 0 bridgehead atoms. The molecule has 0 radical (unpaired) electrons. The molecule has 3 N–H and O–H groups in total. The molecule has 152 valence electrons. The lowest BCUT2D eigenvalue weighted by Gasteiger charge is -2.29. The first-order chi connectivity index (χ1) is 13.9. The number of hydrogen-bond donors (Lipinski definition) is 3. The van der Waals surface area contributed by atoms with Crippen molar-refractivity contribution in [1.29, 1.82) is 0 Å². The van der Waals surface area contributed by atoms with Gasteiger partial charge >= 0.3 is 5.97 Å². The number of carboxylic acid groups (broad SMARTS) is 1. The van der Waals surface area contributed by atoms with Crippen molar-refractivity contribution in [2.24, 2.45) is 0 Å². The number of aliphatic hydroxyl groups excluding tert-OH is 1. The van der Waals surface area contributed by atoms with Gasteiger partial charge in [0.1, 0.15) is 39.5 Å². The Balaban J connectivity index is 1.70. The normalized spacial score (nSPS) is 19.3. The first-order valence-corrected chi connectivity index (χ1v) is 10.1. The zero-order valence-electron chi connectivity index (χ0n) is 15.7. The molecule has 2 aromatic heterocycles. The zero-order chi connectivity index (χ0) is 20.5. The summed E-state index contributed by atoms with van der Waals surface area (Å²) in [5.74, 6) is -0.789. The fourth-order valence-electron chi connectivity index (χ4n) is 3.57. The third-order valence-electron chi connectivity index (χ3n) is 5.06. The van der Waals surface area contributed by atoms with Crippen LogP contribution in [0.5, 0.6) is 5.75 Å². The van der Waals surface area contributed by atoms with E-state index in [0.29, 0.717) is 40.1 Å². The molecule has 2 heterocycles. The fourth-order valence-corrected chi connectivity index (χ4v) is 4.56. The van der Waals surface area contributed by atoms with Crippen LogP contribution in [-0.4, -0.2) is 38.4 Å². The smallest absolute Gasteiger partial charge is 0.346 e. The lowest BCUT2D eigenvalue weighted by molar-refractivity contribution is 0.00712. The van der Waals surface area contributed by atoms with Crippen LogP contribution in [0.1, 0.15) is 40.9 Å². The number of halogens is 1. The van der Waals surface area contributed by atoms with Crippen molar-refractivity contribution in [2.75, 3.05) is 5.32 Å². The molecule has 1 saturated carbocycles. The van der Waals surface area contributed by atoms with Gasteiger partial charge < -0.3 is 20.3 Å². The fraction of sp³-hybridized carbons (Fsp3) is 0.350. The molecule has 3 aromatic rings. The van der Waals surface area contributed by atoms with E-state index >= 15 is 0 Å².